The molecule has 0 amide bonds. The van der Waals surface area contributed by atoms with Gasteiger partial charge in [0.15, 0.2) is 0 Å². The van der Waals surface area contributed by atoms with Gasteiger partial charge in [0.2, 0.25) is 0 Å². The number of halogens is 1. The van der Waals surface area contributed by atoms with Gasteiger partial charge in [-0.25, -0.2) is 4.39 Å². The maximum Gasteiger partial charge on any atom is 0.123 e. The molecule has 2 atom stereocenters. The molecule has 1 saturated carbocycles. The van der Waals surface area contributed by atoms with Crippen molar-refractivity contribution in [2.45, 2.75) is 45.3 Å². The summed E-state index contributed by atoms with van der Waals surface area (Å²) in [4.78, 5) is 0. The first-order valence-electron chi connectivity index (χ1n) is 6.80. The van der Waals surface area contributed by atoms with Crippen LogP contribution in [0.25, 0.3) is 0 Å². The van der Waals surface area contributed by atoms with Crippen molar-refractivity contribution in [2.24, 2.45) is 5.92 Å². The van der Waals surface area contributed by atoms with Crippen molar-refractivity contribution < 1.29 is 9.50 Å². The van der Waals surface area contributed by atoms with Crippen LogP contribution in [0.3, 0.4) is 0 Å². The van der Waals surface area contributed by atoms with Gasteiger partial charge >= 0.3 is 0 Å². The number of nitrogens with one attached hydrogen (secondary N) is 1. The quantitative estimate of drug-likeness (QED) is 0.862. The van der Waals surface area contributed by atoms with E-state index < -0.39 is 0 Å². The first-order chi connectivity index (χ1) is 8.66. The normalized spacial score (nSPS) is 24.2. The van der Waals surface area contributed by atoms with Gasteiger partial charge < -0.3 is 10.4 Å². The average molecular weight is 251 g/mol. The van der Waals surface area contributed by atoms with Gasteiger partial charge in [-0.05, 0) is 48.9 Å². The maximum absolute atomic E-state index is 13.1. The van der Waals surface area contributed by atoms with E-state index in [1.54, 1.807) is 6.07 Å². The van der Waals surface area contributed by atoms with Gasteiger partial charge in [0.25, 0.3) is 0 Å². The highest BCUT2D eigenvalue weighted by Gasteiger charge is 2.22. The van der Waals surface area contributed by atoms with E-state index in [4.69, 9.17) is 0 Å². The Kier molecular flexibility index (Phi) is 4.72. The van der Waals surface area contributed by atoms with Crippen LogP contribution in [0.2, 0.25) is 0 Å². The van der Waals surface area contributed by atoms with Crippen LogP contribution in [-0.4, -0.2) is 17.8 Å². The molecule has 0 spiro atoms. The molecule has 3 heteroatoms. The zero-order valence-corrected chi connectivity index (χ0v) is 11.0. The lowest BCUT2D eigenvalue weighted by Crippen LogP contribution is -2.33. The van der Waals surface area contributed by atoms with Gasteiger partial charge in [-0.3, -0.25) is 0 Å². The van der Waals surface area contributed by atoms with Crippen LogP contribution in [0.4, 0.5) is 4.39 Å². The summed E-state index contributed by atoms with van der Waals surface area (Å²) in [6.07, 6.45) is 4.20. The van der Waals surface area contributed by atoms with Gasteiger partial charge in [-0.2, -0.15) is 0 Å². The summed E-state index contributed by atoms with van der Waals surface area (Å²) >= 11 is 0. The molecule has 1 fully saturated rings. The second-order valence-corrected chi connectivity index (χ2v) is 5.31. The van der Waals surface area contributed by atoms with E-state index in [2.05, 4.69) is 5.32 Å². The van der Waals surface area contributed by atoms with Crippen molar-refractivity contribution in [3.05, 3.63) is 35.1 Å². The SMILES string of the molecule is Cc1ccc(F)cc1CNCC1CCCCC1O. The van der Waals surface area contributed by atoms with E-state index in [-0.39, 0.29) is 11.9 Å². The molecule has 0 aliphatic heterocycles. The lowest BCUT2D eigenvalue weighted by atomic mass is 9.86. The molecular formula is C15H22FNO. The molecule has 18 heavy (non-hydrogen) atoms. The number of benzene rings is 1. The maximum atomic E-state index is 13.1. The molecule has 1 aliphatic rings. The Bertz CT molecular complexity index is 394. The average Bonchev–Trinajstić information content (AvgIpc) is 2.36. The smallest absolute Gasteiger partial charge is 0.123 e. The number of aryl methyl sites for hydroxylation is 1. The topological polar surface area (TPSA) is 32.3 Å². The Hall–Kier alpha value is -0.930. The minimum absolute atomic E-state index is 0.167. The van der Waals surface area contributed by atoms with E-state index in [1.165, 1.54) is 12.5 Å². The number of hydrogen-bond acceptors (Lipinski definition) is 2. The Morgan fingerprint density at radius 2 is 2.11 bits per heavy atom. The fraction of sp³-hybridized carbons (Fsp3) is 0.600. The molecule has 100 valence electrons. The zero-order chi connectivity index (χ0) is 13.0. The first kappa shape index (κ1) is 13.5. The number of hydrogen-bond donors (Lipinski definition) is 2. The lowest BCUT2D eigenvalue weighted by Gasteiger charge is -2.27. The minimum atomic E-state index is -0.185. The summed E-state index contributed by atoms with van der Waals surface area (Å²) in [7, 11) is 0. The van der Waals surface area contributed by atoms with Gasteiger partial charge in [0.05, 0.1) is 6.10 Å². The Balaban J connectivity index is 1.82. The second-order valence-electron chi connectivity index (χ2n) is 5.31. The van der Waals surface area contributed by atoms with Crippen molar-refractivity contribution in [3.63, 3.8) is 0 Å². The van der Waals surface area contributed by atoms with Crippen LogP contribution in [-0.2, 0) is 6.54 Å². The Labute approximate surface area is 108 Å². The van der Waals surface area contributed by atoms with Crippen LogP contribution in [0.1, 0.15) is 36.8 Å². The molecule has 2 unspecified atom stereocenters. The fourth-order valence-corrected chi connectivity index (χ4v) is 2.65. The van der Waals surface area contributed by atoms with E-state index in [1.807, 2.05) is 13.0 Å². The van der Waals surface area contributed by atoms with E-state index in [9.17, 15) is 9.50 Å². The fourth-order valence-electron chi connectivity index (χ4n) is 2.65. The van der Waals surface area contributed by atoms with Crippen LogP contribution < -0.4 is 5.32 Å². The highest BCUT2D eigenvalue weighted by Crippen LogP contribution is 2.23. The highest BCUT2D eigenvalue weighted by molar-refractivity contribution is 5.26. The summed E-state index contributed by atoms with van der Waals surface area (Å²) in [5.74, 6) is 0.169. The predicted octanol–water partition coefficient (Wildman–Crippen LogP) is 2.77. The number of rotatable bonds is 4. The van der Waals surface area contributed by atoms with Crippen molar-refractivity contribution in [2.75, 3.05) is 6.54 Å². The first-order valence-corrected chi connectivity index (χ1v) is 6.80. The second kappa shape index (κ2) is 6.30. The van der Waals surface area contributed by atoms with Gasteiger partial charge in [-0.1, -0.05) is 18.9 Å². The third-order valence-corrected chi connectivity index (χ3v) is 3.90. The summed E-state index contributed by atoms with van der Waals surface area (Å²) in [5.41, 5.74) is 2.10. The monoisotopic (exact) mass is 251 g/mol. The third kappa shape index (κ3) is 3.53. The molecule has 0 aromatic heterocycles. The summed E-state index contributed by atoms with van der Waals surface area (Å²) in [5, 5.41) is 13.2. The molecule has 0 saturated heterocycles. The van der Waals surface area contributed by atoms with E-state index in [0.717, 1.165) is 36.9 Å². The predicted molar refractivity (Wildman–Crippen MR) is 70.8 cm³/mol. The molecule has 1 aromatic carbocycles. The molecule has 0 radical (unpaired) electrons. The summed E-state index contributed by atoms with van der Waals surface area (Å²) in [6, 6.07) is 4.88. The molecular weight excluding hydrogens is 229 g/mol. The molecule has 0 bridgehead atoms. The van der Waals surface area contributed by atoms with E-state index >= 15 is 0 Å². The molecule has 1 aromatic rings. The Morgan fingerprint density at radius 3 is 2.89 bits per heavy atom. The van der Waals surface area contributed by atoms with Crippen LogP contribution in [0.15, 0.2) is 18.2 Å². The molecule has 2 nitrogen and oxygen atoms in total. The van der Waals surface area contributed by atoms with Gasteiger partial charge in [-0.15, -0.1) is 0 Å². The number of aliphatic hydroxyl groups is 1. The van der Waals surface area contributed by atoms with Gasteiger partial charge in [0.1, 0.15) is 5.82 Å². The van der Waals surface area contributed by atoms with Crippen LogP contribution >= 0.6 is 0 Å². The third-order valence-electron chi connectivity index (χ3n) is 3.90. The van der Waals surface area contributed by atoms with Crippen LogP contribution in [0.5, 0.6) is 0 Å². The van der Waals surface area contributed by atoms with Crippen molar-refractivity contribution in [1.29, 1.82) is 0 Å². The standard InChI is InChI=1S/C15H22FNO/c1-11-6-7-14(16)8-13(11)10-17-9-12-4-2-3-5-15(12)18/h6-8,12,15,17-18H,2-5,9-10H2,1H3. The van der Waals surface area contributed by atoms with Crippen molar-refractivity contribution in [3.8, 4) is 0 Å². The largest absolute Gasteiger partial charge is 0.393 e. The Morgan fingerprint density at radius 1 is 1.33 bits per heavy atom. The van der Waals surface area contributed by atoms with E-state index in [0.29, 0.717) is 12.5 Å². The number of aliphatic hydroxyl groups excluding tert-OH is 1. The molecule has 1 aliphatic carbocycles. The highest BCUT2D eigenvalue weighted by atomic mass is 19.1. The van der Waals surface area contributed by atoms with Crippen molar-refractivity contribution in [1.82, 2.24) is 5.32 Å². The molecule has 2 rings (SSSR count). The lowest BCUT2D eigenvalue weighted by molar-refractivity contribution is 0.0695. The summed E-state index contributed by atoms with van der Waals surface area (Å²) < 4.78 is 13.1. The van der Waals surface area contributed by atoms with Crippen LogP contribution in [0, 0.1) is 18.7 Å². The molecule has 2 N–H and O–H groups in total. The zero-order valence-electron chi connectivity index (χ0n) is 11.0. The summed E-state index contributed by atoms with van der Waals surface area (Å²) in [6.45, 7) is 3.48. The van der Waals surface area contributed by atoms with Gasteiger partial charge in [0, 0.05) is 13.1 Å². The minimum Gasteiger partial charge on any atom is -0.393 e. The van der Waals surface area contributed by atoms with Crippen molar-refractivity contribution >= 4 is 0 Å². The molecule has 0 heterocycles.